The Morgan fingerprint density at radius 3 is 2.43 bits per heavy atom. The molecule has 3 amide bonds. The molecule has 3 atom stereocenters. The summed E-state index contributed by atoms with van der Waals surface area (Å²) in [6.07, 6.45) is 3.52. The lowest BCUT2D eigenvalue weighted by Crippen LogP contribution is -2.58. The highest BCUT2D eigenvalue weighted by molar-refractivity contribution is 5.84. The molecule has 2 heterocycles. The maximum Gasteiger partial charge on any atom is 0.326 e. The van der Waals surface area contributed by atoms with Crippen molar-refractivity contribution in [3.05, 3.63) is 0 Å². The highest BCUT2D eigenvalue weighted by Gasteiger charge is 2.38. The summed E-state index contributed by atoms with van der Waals surface area (Å²) >= 11 is 0. The number of rotatable bonds is 2. The second-order valence-electron chi connectivity index (χ2n) is 6.00. The van der Waals surface area contributed by atoms with Crippen LogP contribution in [0.1, 0.15) is 39.0 Å². The van der Waals surface area contributed by atoms with Gasteiger partial charge < -0.3 is 20.6 Å². The van der Waals surface area contributed by atoms with Gasteiger partial charge in [0, 0.05) is 19.1 Å². The first kappa shape index (κ1) is 15.6. The lowest BCUT2D eigenvalue weighted by molar-refractivity contribution is -0.143. The number of hydrogen-bond donors (Lipinski definition) is 2. The Kier molecular flexibility index (Phi) is 4.69. The zero-order valence-electron chi connectivity index (χ0n) is 12.3. The van der Waals surface area contributed by atoms with E-state index in [1.807, 2.05) is 6.92 Å². The van der Waals surface area contributed by atoms with Gasteiger partial charge in [0.05, 0.1) is 5.92 Å². The molecule has 21 heavy (non-hydrogen) atoms. The summed E-state index contributed by atoms with van der Waals surface area (Å²) in [5, 5.41) is 9.28. The fraction of sp³-hybridized carbons (Fsp3) is 0.786. The molecule has 7 nitrogen and oxygen atoms in total. The molecule has 0 aromatic rings. The van der Waals surface area contributed by atoms with Crippen LogP contribution in [0.2, 0.25) is 0 Å². The maximum atomic E-state index is 12.7. The number of aliphatic carboxylic acids is 1. The Bertz CT molecular complexity index is 440. The highest BCUT2D eigenvalue weighted by atomic mass is 16.4. The Morgan fingerprint density at radius 1 is 1.10 bits per heavy atom. The van der Waals surface area contributed by atoms with Crippen LogP contribution in [-0.2, 0) is 9.59 Å². The third kappa shape index (κ3) is 3.28. The molecule has 2 rings (SSSR count). The number of piperidine rings is 2. The van der Waals surface area contributed by atoms with Crippen molar-refractivity contribution < 1.29 is 19.5 Å². The first-order chi connectivity index (χ1) is 9.91. The van der Waals surface area contributed by atoms with Crippen molar-refractivity contribution in [2.24, 2.45) is 11.7 Å². The molecule has 2 saturated heterocycles. The fourth-order valence-electron chi connectivity index (χ4n) is 3.19. The van der Waals surface area contributed by atoms with Crippen LogP contribution in [0, 0.1) is 5.92 Å². The van der Waals surface area contributed by atoms with Crippen LogP contribution in [0.5, 0.6) is 0 Å². The van der Waals surface area contributed by atoms with E-state index >= 15 is 0 Å². The van der Waals surface area contributed by atoms with Gasteiger partial charge >= 0.3 is 12.0 Å². The number of carboxylic acid groups (broad SMARTS) is 1. The molecule has 118 valence electrons. The van der Waals surface area contributed by atoms with Gasteiger partial charge in [0.1, 0.15) is 6.04 Å². The van der Waals surface area contributed by atoms with Crippen LogP contribution in [-0.4, -0.2) is 58.0 Å². The number of carbonyl (C=O) groups excluding carboxylic acids is 2. The van der Waals surface area contributed by atoms with Gasteiger partial charge in [-0.25, -0.2) is 9.59 Å². The van der Waals surface area contributed by atoms with E-state index in [0.717, 1.165) is 12.8 Å². The van der Waals surface area contributed by atoms with Crippen LogP contribution in [0.15, 0.2) is 0 Å². The van der Waals surface area contributed by atoms with Crippen molar-refractivity contribution >= 4 is 17.9 Å². The van der Waals surface area contributed by atoms with E-state index < -0.39 is 17.9 Å². The van der Waals surface area contributed by atoms with Crippen molar-refractivity contribution in [2.45, 2.75) is 51.1 Å². The van der Waals surface area contributed by atoms with Gasteiger partial charge in [-0.15, -0.1) is 0 Å². The van der Waals surface area contributed by atoms with Gasteiger partial charge in [-0.05, 0) is 39.0 Å². The summed E-state index contributed by atoms with van der Waals surface area (Å²) < 4.78 is 0. The maximum absolute atomic E-state index is 12.7. The molecule has 7 heteroatoms. The Hall–Kier alpha value is -1.79. The smallest absolute Gasteiger partial charge is 0.326 e. The molecule has 2 aliphatic rings. The summed E-state index contributed by atoms with van der Waals surface area (Å²) in [7, 11) is 0. The second-order valence-corrected chi connectivity index (χ2v) is 6.00. The minimum absolute atomic E-state index is 0.00414. The zero-order valence-corrected chi connectivity index (χ0v) is 12.3. The lowest BCUT2D eigenvalue weighted by atomic mass is 9.93. The summed E-state index contributed by atoms with van der Waals surface area (Å²) in [5.74, 6) is -1.69. The van der Waals surface area contributed by atoms with Gasteiger partial charge in [0.2, 0.25) is 5.91 Å². The Balaban J connectivity index is 2.12. The van der Waals surface area contributed by atoms with Crippen molar-refractivity contribution in [1.29, 1.82) is 0 Å². The molecule has 0 aromatic carbocycles. The number of urea groups is 1. The molecular weight excluding hydrogens is 274 g/mol. The number of carboxylic acids is 1. The molecule has 3 N–H and O–H groups in total. The van der Waals surface area contributed by atoms with Gasteiger partial charge in [-0.3, -0.25) is 4.79 Å². The molecule has 0 spiro atoms. The van der Waals surface area contributed by atoms with Gasteiger partial charge in [0.15, 0.2) is 0 Å². The van der Waals surface area contributed by atoms with Crippen LogP contribution in [0.25, 0.3) is 0 Å². The molecule has 3 unspecified atom stereocenters. The topological polar surface area (TPSA) is 104 Å². The number of likely N-dealkylation sites (tertiary alicyclic amines) is 2. The number of amides is 3. The average Bonchev–Trinajstić information content (AvgIpc) is 2.46. The van der Waals surface area contributed by atoms with Gasteiger partial charge in [-0.2, -0.15) is 0 Å². The number of primary amides is 1. The summed E-state index contributed by atoms with van der Waals surface area (Å²) in [5.41, 5.74) is 5.34. The minimum Gasteiger partial charge on any atom is -0.480 e. The fourth-order valence-corrected chi connectivity index (χ4v) is 3.19. The predicted octanol–water partition coefficient (Wildman–Crippen LogP) is 0.631. The zero-order chi connectivity index (χ0) is 15.6. The van der Waals surface area contributed by atoms with E-state index in [4.69, 9.17) is 5.73 Å². The van der Waals surface area contributed by atoms with E-state index in [2.05, 4.69) is 0 Å². The highest BCUT2D eigenvalue weighted by Crippen LogP contribution is 2.26. The van der Waals surface area contributed by atoms with E-state index in [0.29, 0.717) is 25.8 Å². The number of nitrogens with two attached hydrogens (primary N) is 1. The van der Waals surface area contributed by atoms with Crippen molar-refractivity contribution in [2.75, 3.05) is 13.1 Å². The summed E-state index contributed by atoms with van der Waals surface area (Å²) in [6, 6.07) is -1.03. The number of carbonyl (C=O) groups is 3. The monoisotopic (exact) mass is 297 g/mol. The van der Waals surface area contributed by atoms with Gasteiger partial charge in [-0.1, -0.05) is 0 Å². The molecule has 2 aliphatic heterocycles. The normalized spacial score (nSPS) is 30.0. The third-order valence-corrected chi connectivity index (χ3v) is 4.56. The largest absolute Gasteiger partial charge is 0.480 e. The quantitative estimate of drug-likeness (QED) is 0.780. The van der Waals surface area contributed by atoms with E-state index in [9.17, 15) is 19.5 Å². The third-order valence-electron chi connectivity index (χ3n) is 4.56. The first-order valence-electron chi connectivity index (χ1n) is 7.51. The molecule has 0 saturated carbocycles. The van der Waals surface area contributed by atoms with Crippen LogP contribution in [0.4, 0.5) is 4.79 Å². The number of nitrogens with zero attached hydrogens (tertiary/aromatic N) is 2. The summed E-state index contributed by atoms with van der Waals surface area (Å²) in [4.78, 5) is 38.4. The summed E-state index contributed by atoms with van der Waals surface area (Å²) in [6.45, 7) is 2.67. The van der Waals surface area contributed by atoms with Crippen molar-refractivity contribution in [1.82, 2.24) is 9.80 Å². The predicted molar refractivity (Wildman–Crippen MR) is 75.5 cm³/mol. The van der Waals surface area contributed by atoms with E-state index in [1.165, 1.54) is 4.90 Å². The first-order valence-corrected chi connectivity index (χ1v) is 7.51. The molecule has 2 fully saturated rings. The second kappa shape index (κ2) is 6.32. The van der Waals surface area contributed by atoms with Crippen LogP contribution in [0.3, 0.4) is 0 Å². The molecule has 0 aromatic heterocycles. The van der Waals surface area contributed by atoms with Gasteiger partial charge in [0.25, 0.3) is 0 Å². The number of hydrogen-bond acceptors (Lipinski definition) is 3. The molecular formula is C14H23N3O4. The Morgan fingerprint density at radius 2 is 1.81 bits per heavy atom. The van der Waals surface area contributed by atoms with Crippen molar-refractivity contribution in [3.63, 3.8) is 0 Å². The van der Waals surface area contributed by atoms with Crippen LogP contribution < -0.4 is 5.73 Å². The minimum atomic E-state index is -0.959. The average molecular weight is 297 g/mol. The molecule has 0 radical (unpaired) electrons. The van der Waals surface area contributed by atoms with E-state index in [-0.39, 0.29) is 24.5 Å². The Labute approximate surface area is 124 Å². The van der Waals surface area contributed by atoms with Crippen molar-refractivity contribution in [3.8, 4) is 0 Å². The molecule has 0 aliphatic carbocycles. The standard InChI is InChI=1S/C14H23N3O4/c1-9-5-6-10(12(15)18)8-17(9)14(21)16-7-3-2-4-11(16)13(19)20/h9-11H,2-8H2,1H3,(H2,15,18)(H,19,20). The SMILES string of the molecule is CC1CCC(C(N)=O)CN1C(=O)N1CCCCC1C(=O)O. The lowest BCUT2D eigenvalue weighted by Gasteiger charge is -2.42. The molecule has 0 bridgehead atoms. The van der Waals surface area contributed by atoms with Crippen LogP contribution >= 0.6 is 0 Å². The van der Waals surface area contributed by atoms with E-state index in [1.54, 1.807) is 4.90 Å².